The highest BCUT2D eigenvalue weighted by atomic mass is 32.2. The maximum atomic E-state index is 13.2. The molecule has 0 aliphatic heterocycles. The van der Waals surface area contributed by atoms with E-state index in [9.17, 15) is 18.3 Å². The van der Waals surface area contributed by atoms with Gasteiger partial charge in [0.2, 0.25) is 10.0 Å². The molecule has 1 aliphatic carbocycles. The fourth-order valence-electron chi connectivity index (χ4n) is 5.41. The van der Waals surface area contributed by atoms with Crippen molar-refractivity contribution in [2.24, 2.45) is 0 Å². The van der Waals surface area contributed by atoms with Crippen molar-refractivity contribution in [2.45, 2.75) is 25.4 Å². The van der Waals surface area contributed by atoms with E-state index in [4.69, 9.17) is 9.84 Å². The Labute approximate surface area is 262 Å². The molecule has 0 radical (unpaired) electrons. The number of carbonyl (C=O) groups is 1. The molecule has 1 heterocycles. The van der Waals surface area contributed by atoms with Crippen LogP contribution in [0.1, 0.15) is 40.4 Å². The second kappa shape index (κ2) is 12.6. The minimum absolute atomic E-state index is 0.0659. The van der Waals surface area contributed by atoms with E-state index < -0.39 is 10.0 Å². The molecule has 6 rings (SSSR count). The van der Waals surface area contributed by atoms with Crippen molar-refractivity contribution in [3.63, 3.8) is 0 Å². The summed E-state index contributed by atoms with van der Waals surface area (Å²) >= 11 is 0. The van der Waals surface area contributed by atoms with Gasteiger partial charge in [-0.05, 0) is 78.4 Å². The number of fused-ring (bicyclic) bond motifs is 1. The molecule has 5 aromatic rings. The van der Waals surface area contributed by atoms with E-state index in [2.05, 4.69) is 10.6 Å². The number of hydrogen-bond donors (Lipinski definition) is 3. The zero-order valence-corrected chi connectivity index (χ0v) is 25.9. The first-order valence-corrected chi connectivity index (χ1v) is 16.6. The highest BCUT2D eigenvalue weighted by Crippen LogP contribution is 2.46. The topological polar surface area (TPSA) is 126 Å². The van der Waals surface area contributed by atoms with E-state index >= 15 is 0 Å². The summed E-state index contributed by atoms with van der Waals surface area (Å²) in [5.74, 6) is 0.620. The number of aromatic nitrogens is 2. The quantitative estimate of drug-likeness (QED) is 0.171. The molecule has 1 aromatic heterocycles. The van der Waals surface area contributed by atoms with Gasteiger partial charge in [0.05, 0.1) is 36.3 Å². The van der Waals surface area contributed by atoms with Crippen LogP contribution in [0.3, 0.4) is 0 Å². The molecule has 1 saturated carbocycles. The Hall–Kier alpha value is -4.87. The number of benzene rings is 4. The summed E-state index contributed by atoms with van der Waals surface area (Å²) in [6.45, 7) is 0.0877. The number of nitrogens with one attached hydrogen (secondary N) is 2. The standard InChI is InChI=1S/C34H35N5O5S/c1-35-34(41)33-30-20-29(24-11-12-24)32(38(17-18-40)45(2,42)43)21-31(30)37-39(33)27-15-13-25(14-16-27)36-26-9-6-10-28(19-26)44-22-23-7-4-3-5-8-23/h3-10,13-16,19-21,24,36,40H,11-12,17-18,22H2,1-2H3,(H,35,41). The Morgan fingerprint density at radius 3 is 2.42 bits per heavy atom. The van der Waals surface area contributed by atoms with Crippen LogP contribution in [0.5, 0.6) is 5.75 Å². The van der Waals surface area contributed by atoms with E-state index in [0.29, 0.717) is 34.6 Å². The molecule has 45 heavy (non-hydrogen) atoms. The molecular weight excluding hydrogens is 590 g/mol. The van der Waals surface area contributed by atoms with Crippen molar-refractivity contribution in [3.05, 3.63) is 108 Å². The predicted molar refractivity (Wildman–Crippen MR) is 176 cm³/mol. The van der Waals surface area contributed by atoms with Gasteiger partial charge in [-0.1, -0.05) is 36.4 Å². The number of ether oxygens (including phenoxy) is 1. The molecule has 0 spiro atoms. The average molecular weight is 626 g/mol. The Bertz CT molecular complexity index is 1940. The lowest BCUT2D eigenvalue weighted by atomic mass is 10.0. The maximum Gasteiger partial charge on any atom is 0.270 e. The number of amides is 1. The molecule has 1 amide bonds. The Morgan fingerprint density at radius 2 is 1.76 bits per heavy atom. The number of carbonyl (C=O) groups excluding carboxylic acids is 1. The first-order chi connectivity index (χ1) is 21.7. The van der Waals surface area contributed by atoms with Crippen LogP contribution in [0, 0.1) is 0 Å². The second-order valence-electron chi connectivity index (χ2n) is 11.1. The number of hydrogen-bond acceptors (Lipinski definition) is 7. The molecule has 0 atom stereocenters. The summed E-state index contributed by atoms with van der Waals surface area (Å²) in [6, 6.07) is 28.9. The van der Waals surface area contributed by atoms with E-state index in [1.54, 1.807) is 17.8 Å². The van der Waals surface area contributed by atoms with E-state index in [1.165, 1.54) is 4.31 Å². The van der Waals surface area contributed by atoms with Gasteiger partial charge in [0.25, 0.3) is 5.91 Å². The largest absolute Gasteiger partial charge is 0.489 e. The van der Waals surface area contributed by atoms with Gasteiger partial charge in [-0.2, -0.15) is 5.10 Å². The number of aliphatic hydroxyl groups is 1. The smallest absolute Gasteiger partial charge is 0.270 e. The zero-order chi connectivity index (χ0) is 31.6. The Kier molecular flexibility index (Phi) is 8.46. The summed E-state index contributed by atoms with van der Waals surface area (Å²) < 4.78 is 34.1. The summed E-state index contributed by atoms with van der Waals surface area (Å²) in [4.78, 5) is 13.2. The molecule has 0 unspecified atom stereocenters. The van der Waals surface area contributed by atoms with E-state index in [0.717, 1.165) is 47.3 Å². The molecule has 1 aliphatic rings. The first kappa shape index (κ1) is 30.2. The zero-order valence-electron chi connectivity index (χ0n) is 25.1. The van der Waals surface area contributed by atoms with Gasteiger partial charge in [0.15, 0.2) is 0 Å². The molecular formula is C34H35N5O5S. The van der Waals surface area contributed by atoms with Gasteiger partial charge < -0.3 is 20.5 Å². The van der Waals surface area contributed by atoms with Crippen molar-refractivity contribution < 1.29 is 23.1 Å². The molecule has 4 aromatic carbocycles. The number of nitrogens with zero attached hydrogens (tertiary/aromatic N) is 3. The van der Waals surface area contributed by atoms with Gasteiger partial charge in [0.1, 0.15) is 18.1 Å². The molecule has 232 valence electrons. The van der Waals surface area contributed by atoms with E-state index in [1.807, 2.05) is 84.9 Å². The molecule has 3 N–H and O–H groups in total. The molecule has 0 saturated heterocycles. The maximum absolute atomic E-state index is 13.2. The number of sulfonamides is 1. The van der Waals surface area contributed by atoms with Crippen LogP contribution in [-0.4, -0.2) is 55.7 Å². The normalized spacial score (nSPS) is 13.0. The molecule has 0 bridgehead atoms. The lowest BCUT2D eigenvalue weighted by Gasteiger charge is -2.24. The van der Waals surface area contributed by atoms with Crippen LogP contribution in [-0.2, 0) is 16.6 Å². The Morgan fingerprint density at radius 1 is 1.00 bits per heavy atom. The van der Waals surface area contributed by atoms with Gasteiger partial charge in [-0.25, -0.2) is 13.1 Å². The van der Waals surface area contributed by atoms with Gasteiger partial charge in [-0.3, -0.25) is 9.10 Å². The summed E-state index contributed by atoms with van der Waals surface area (Å²) in [5, 5.41) is 21.1. The third-order valence-electron chi connectivity index (χ3n) is 7.73. The van der Waals surface area contributed by atoms with Gasteiger partial charge in [0, 0.05) is 29.9 Å². The summed E-state index contributed by atoms with van der Waals surface area (Å²) in [5.41, 5.74) is 5.62. The average Bonchev–Trinajstić information content (AvgIpc) is 3.82. The first-order valence-electron chi connectivity index (χ1n) is 14.8. The monoisotopic (exact) mass is 625 g/mol. The van der Waals surface area contributed by atoms with Crippen LogP contribution in [0.2, 0.25) is 0 Å². The minimum atomic E-state index is -3.66. The highest BCUT2D eigenvalue weighted by molar-refractivity contribution is 7.92. The lowest BCUT2D eigenvalue weighted by Crippen LogP contribution is -2.33. The number of rotatable bonds is 12. The third-order valence-corrected chi connectivity index (χ3v) is 8.91. The van der Waals surface area contributed by atoms with Crippen molar-refractivity contribution in [3.8, 4) is 11.4 Å². The van der Waals surface area contributed by atoms with Crippen molar-refractivity contribution >= 4 is 43.9 Å². The van der Waals surface area contributed by atoms with Gasteiger partial charge >= 0.3 is 0 Å². The molecule has 1 fully saturated rings. The van der Waals surface area contributed by atoms with Crippen LogP contribution < -0.4 is 19.7 Å². The molecule has 11 heteroatoms. The fourth-order valence-corrected chi connectivity index (χ4v) is 6.34. The fraction of sp³-hybridized carbons (Fsp3) is 0.235. The summed E-state index contributed by atoms with van der Waals surface area (Å²) in [6.07, 6.45) is 2.98. The van der Waals surface area contributed by atoms with Crippen LogP contribution in [0.15, 0.2) is 91.0 Å². The van der Waals surface area contributed by atoms with Crippen molar-refractivity contribution in [1.29, 1.82) is 0 Å². The lowest BCUT2D eigenvalue weighted by molar-refractivity contribution is 0.0957. The number of anilines is 3. The summed E-state index contributed by atoms with van der Waals surface area (Å²) in [7, 11) is -2.09. The molecule has 10 nitrogen and oxygen atoms in total. The van der Waals surface area contributed by atoms with E-state index in [-0.39, 0.29) is 25.0 Å². The third kappa shape index (κ3) is 6.64. The van der Waals surface area contributed by atoms with Crippen LogP contribution in [0.4, 0.5) is 17.1 Å². The van der Waals surface area contributed by atoms with Crippen LogP contribution >= 0.6 is 0 Å². The predicted octanol–water partition coefficient (Wildman–Crippen LogP) is 5.34. The highest BCUT2D eigenvalue weighted by Gasteiger charge is 2.32. The van der Waals surface area contributed by atoms with Gasteiger partial charge in [-0.15, -0.1) is 0 Å². The minimum Gasteiger partial charge on any atom is -0.489 e. The van der Waals surface area contributed by atoms with Crippen LogP contribution in [0.25, 0.3) is 16.6 Å². The van der Waals surface area contributed by atoms with Crippen molar-refractivity contribution in [1.82, 2.24) is 15.1 Å². The van der Waals surface area contributed by atoms with Crippen molar-refractivity contribution in [2.75, 3.05) is 36.1 Å². The second-order valence-corrected chi connectivity index (χ2v) is 13.0. The SMILES string of the molecule is CNC(=O)c1c2cc(C3CC3)c(N(CCO)S(C)(=O)=O)cc2nn1-c1ccc(Nc2cccc(OCc3ccccc3)c2)cc1. The Balaban J connectivity index is 1.31. The number of aliphatic hydroxyl groups excluding tert-OH is 1.